The number of aromatic nitrogens is 2. The van der Waals surface area contributed by atoms with E-state index in [0.717, 1.165) is 31.9 Å². The van der Waals surface area contributed by atoms with Crippen molar-refractivity contribution in [2.24, 2.45) is 5.84 Å². The first kappa shape index (κ1) is 16.5. The molecular weight excluding hydrogens is 262 g/mol. The highest BCUT2D eigenvalue weighted by Crippen LogP contribution is 2.43. The number of hydrogen-bond acceptors (Lipinski definition) is 4. The van der Waals surface area contributed by atoms with Crippen LogP contribution in [0.1, 0.15) is 64.7 Å². The fourth-order valence-electron chi connectivity index (χ4n) is 4.11. The van der Waals surface area contributed by atoms with Crippen molar-refractivity contribution in [3.05, 3.63) is 18.2 Å². The summed E-state index contributed by atoms with van der Waals surface area (Å²) in [7, 11) is 0. The summed E-state index contributed by atoms with van der Waals surface area (Å²) in [6.07, 6.45) is 10.0. The first-order valence-corrected chi connectivity index (χ1v) is 8.45. The number of likely N-dealkylation sites (N-methyl/N-ethyl adjacent to an activating group) is 1. The Hall–Kier alpha value is -0.910. The third kappa shape index (κ3) is 3.00. The minimum absolute atomic E-state index is 0.0986. The average molecular weight is 293 g/mol. The first-order valence-electron chi connectivity index (χ1n) is 8.45. The fourth-order valence-corrected chi connectivity index (χ4v) is 4.11. The summed E-state index contributed by atoms with van der Waals surface area (Å²) in [4.78, 5) is 7.22. The van der Waals surface area contributed by atoms with Crippen LogP contribution in [0, 0.1) is 0 Å². The summed E-state index contributed by atoms with van der Waals surface area (Å²) in [5.74, 6) is 7.10. The summed E-state index contributed by atoms with van der Waals surface area (Å²) in [6.45, 7) is 9.81. The quantitative estimate of drug-likeness (QED) is 0.571. The molecule has 0 bridgehead atoms. The second-order valence-electron chi connectivity index (χ2n) is 6.06. The van der Waals surface area contributed by atoms with Crippen LogP contribution >= 0.6 is 0 Å². The summed E-state index contributed by atoms with van der Waals surface area (Å²) in [5.41, 5.74) is 3.22. The Morgan fingerprint density at radius 1 is 1.33 bits per heavy atom. The molecule has 0 aromatic carbocycles. The van der Waals surface area contributed by atoms with Crippen LogP contribution in [0.3, 0.4) is 0 Å². The molecule has 1 aliphatic rings. The highest BCUT2D eigenvalue weighted by atomic mass is 15.3. The van der Waals surface area contributed by atoms with Crippen LogP contribution in [0.5, 0.6) is 0 Å². The number of rotatable bonds is 8. The summed E-state index contributed by atoms with van der Waals surface area (Å²) in [6, 6.07) is 0.0986. The van der Waals surface area contributed by atoms with Crippen molar-refractivity contribution in [3.63, 3.8) is 0 Å². The number of nitrogens with two attached hydrogens (primary N) is 1. The van der Waals surface area contributed by atoms with Gasteiger partial charge in [0.1, 0.15) is 5.82 Å². The smallest absolute Gasteiger partial charge is 0.129 e. The predicted octanol–water partition coefficient (Wildman–Crippen LogP) is 2.45. The highest BCUT2D eigenvalue weighted by molar-refractivity contribution is 5.13. The molecule has 5 nitrogen and oxygen atoms in total. The van der Waals surface area contributed by atoms with Crippen LogP contribution in [0.25, 0.3) is 0 Å². The van der Waals surface area contributed by atoms with Gasteiger partial charge in [-0.15, -0.1) is 0 Å². The van der Waals surface area contributed by atoms with Crippen molar-refractivity contribution in [1.82, 2.24) is 19.9 Å². The van der Waals surface area contributed by atoms with Crippen molar-refractivity contribution in [2.75, 3.05) is 13.1 Å². The van der Waals surface area contributed by atoms with Crippen molar-refractivity contribution in [3.8, 4) is 0 Å². The van der Waals surface area contributed by atoms with Crippen LogP contribution < -0.4 is 11.3 Å². The van der Waals surface area contributed by atoms with E-state index in [1.165, 1.54) is 25.7 Å². The van der Waals surface area contributed by atoms with Crippen LogP contribution in [0.2, 0.25) is 0 Å². The van der Waals surface area contributed by atoms with Gasteiger partial charge in [-0.3, -0.25) is 10.7 Å². The lowest BCUT2D eigenvalue weighted by Crippen LogP contribution is -2.57. The fraction of sp³-hybridized carbons (Fsp3) is 0.812. The number of hydrogen-bond donors (Lipinski definition) is 2. The standard InChI is InChI=1S/C16H31N5/c1-4-12-20-13-11-18-15(20)14(19-17)16(9-7-8-10-16)21(5-2)6-3/h11,13-14,19H,4-10,12,17H2,1-3H3. The third-order valence-electron chi connectivity index (χ3n) is 5.04. The molecular formula is C16H31N5. The topological polar surface area (TPSA) is 59.1 Å². The molecule has 1 atom stereocenters. The molecule has 1 aromatic heterocycles. The summed E-state index contributed by atoms with van der Waals surface area (Å²) < 4.78 is 2.26. The van der Waals surface area contributed by atoms with Gasteiger partial charge in [0.05, 0.1) is 6.04 Å². The normalized spacial score (nSPS) is 19.3. The van der Waals surface area contributed by atoms with Crippen molar-refractivity contribution >= 4 is 0 Å². The second kappa shape index (κ2) is 7.38. The molecule has 1 unspecified atom stereocenters. The molecule has 0 saturated heterocycles. The van der Waals surface area contributed by atoms with Gasteiger partial charge in [0.25, 0.3) is 0 Å². The molecule has 3 N–H and O–H groups in total. The Balaban J connectivity index is 2.38. The minimum Gasteiger partial charge on any atom is -0.334 e. The molecule has 1 aliphatic carbocycles. The van der Waals surface area contributed by atoms with E-state index in [0.29, 0.717) is 0 Å². The highest BCUT2D eigenvalue weighted by Gasteiger charge is 2.46. The van der Waals surface area contributed by atoms with E-state index in [-0.39, 0.29) is 11.6 Å². The van der Waals surface area contributed by atoms with Crippen LogP contribution in [0.4, 0.5) is 0 Å². The van der Waals surface area contributed by atoms with E-state index in [1.807, 2.05) is 6.20 Å². The molecule has 21 heavy (non-hydrogen) atoms. The van der Waals surface area contributed by atoms with Gasteiger partial charge < -0.3 is 4.57 Å². The predicted molar refractivity (Wildman–Crippen MR) is 86.7 cm³/mol. The van der Waals surface area contributed by atoms with E-state index >= 15 is 0 Å². The molecule has 0 spiro atoms. The van der Waals surface area contributed by atoms with Crippen LogP contribution in [-0.2, 0) is 6.54 Å². The molecule has 2 rings (SSSR count). The van der Waals surface area contributed by atoms with Crippen LogP contribution in [-0.4, -0.2) is 33.1 Å². The van der Waals surface area contributed by atoms with E-state index in [2.05, 4.69) is 46.8 Å². The van der Waals surface area contributed by atoms with E-state index < -0.39 is 0 Å². The van der Waals surface area contributed by atoms with Gasteiger partial charge in [-0.05, 0) is 32.4 Å². The van der Waals surface area contributed by atoms with Crippen molar-refractivity contribution in [1.29, 1.82) is 0 Å². The zero-order valence-corrected chi connectivity index (χ0v) is 13.8. The lowest BCUT2D eigenvalue weighted by atomic mass is 9.85. The van der Waals surface area contributed by atoms with Gasteiger partial charge in [0.2, 0.25) is 0 Å². The lowest BCUT2D eigenvalue weighted by molar-refractivity contribution is 0.0580. The maximum atomic E-state index is 6.01. The Morgan fingerprint density at radius 3 is 2.52 bits per heavy atom. The Bertz CT molecular complexity index is 418. The minimum atomic E-state index is 0.0986. The zero-order valence-electron chi connectivity index (χ0n) is 13.8. The molecule has 0 radical (unpaired) electrons. The van der Waals surface area contributed by atoms with Crippen molar-refractivity contribution in [2.45, 2.75) is 71.0 Å². The van der Waals surface area contributed by atoms with Gasteiger partial charge in [-0.1, -0.05) is 33.6 Å². The van der Waals surface area contributed by atoms with Gasteiger partial charge >= 0.3 is 0 Å². The number of nitrogens with one attached hydrogen (secondary N) is 1. The average Bonchev–Trinajstić information content (AvgIpc) is 3.13. The largest absolute Gasteiger partial charge is 0.334 e. The summed E-state index contributed by atoms with van der Waals surface area (Å²) in [5, 5.41) is 0. The third-order valence-corrected chi connectivity index (χ3v) is 5.04. The Labute approximate surface area is 128 Å². The monoisotopic (exact) mass is 293 g/mol. The maximum absolute atomic E-state index is 6.01. The van der Waals surface area contributed by atoms with Gasteiger partial charge in [-0.25, -0.2) is 10.4 Å². The SMILES string of the molecule is CCCn1ccnc1C(NN)C1(N(CC)CC)CCCC1. The van der Waals surface area contributed by atoms with Crippen LogP contribution in [0.15, 0.2) is 12.4 Å². The number of hydrazine groups is 1. The summed E-state index contributed by atoms with van der Waals surface area (Å²) >= 11 is 0. The Kier molecular flexibility index (Phi) is 5.79. The molecule has 1 aromatic rings. The number of aryl methyl sites for hydroxylation is 1. The molecule has 1 fully saturated rings. The van der Waals surface area contributed by atoms with Gasteiger partial charge in [0.15, 0.2) is 0 Å². The molecule has 120 valence electrons. The molecule has 1 heterocycles. The van der Waals surface area contributed by atoms with Crippen molar-refractivity contribution < 1.29 is 0 Å². The first-order chi connectivity index (χ1) is 10.2. The molecule has 0 aliphatic heterocycles. The van der Waals surface area contributed by atoms with E-state index in [4.69, 9.17) is 5.84 Å². The number of nitrogens with zero attached hydrogens (tertiary/aromatic N) is 3. The van der Waals surface area contributed by atoms with Gasteiger partial charge in [-0.2, -0.15) is 0 Å². The van der Waals surface area contributed by atoms with E-state index in [1.54, 1.807) is 0 Å². The Morgan fingerprint density at radius 2 is 2.00 bits per heavy atom. The lowest BCUT2D eigenvalue weighted by Gasteiger charge is -2.45. The molecule has 5 heteroatoms. The van der Waals surface area contributed by atoms with E-state index in [9.17, 15) is 0 Å². The molecule has 0 amide bonds. The molecule has 1 saturated carbocycles. The second-order valence-corrected chi connectivity index (χ2v) is 6.06. The maximum Gasteiger partial charge on any atom is 0.129 e. The zero-order chi connectivity index (χ0) is 15.3. The number of imidazole rings is 1. The van der Waals surface area contributed by atoms with Gasteiger partial charge in [0, 0.05) is 24.5 Å².